The lowest BCUT2D eigenvalue weighted by Crippen LogP contribution is -2.23. The second-order valence-corrected chi connectivity index (χ2v) is 7.97. The summed E-state index contributed by atoms with van der Waals surface area (Å²) in [5.74, 6) is 0.919. The highest BCUT2D eigenvalue weighted by atomic mass is 35.5. The molecular formula is C17H17ClN4O2S. The number of sulfonamides is 1. The maximum absolute atomic E-state index is 12.4. The number of pyridine rings is 1. The molecule has 1 N–H and O–H groups in total. The second-order valence-electron chi connectivity index (χ2n) is 5.80. The molecule has 25 heavy (non-hydrogen) atoms. The van der Waals surface area contributed by atoms with Gasteiger partial charge >= 0.3 is 0 Å². The van der Waals surface area contributed by atoms with Gasteiger partial charge in [0.2, 0.25) is 10.0 Å². The van der Waals surface area contributed by atoms with Crippen molar-refractivity contribution in [1.29, 1.82) is 5.26 Å². The first-order chi connectivity index (χ1) is 12.0. The summed E-state index contributed by atoms with van der Waals surface area (Å²) < 4.78 is 27.2. The van der Waals surface area contributed by atoms with Gasteiger partial charge in [-0.05, 0) is 42.7 Å². The summed E-state index contributed by atoms with van der Waals surface area (Å²) in [6.45, 7) is 2.16. The van der Waals surface area contributed by atoms with E-state index in [1.807, 2.05) is 18.2 Å². The average Bonchev–Trinajstić information content (AvgIpc) is 3.15. The minimum Gasteiger partial charge on any atom is -0.357 e. The SMILES string of the molecule is N#Cc1ccc(S(=O)(=O)NCc2ccc(N3CCCC3)nc2)cc1Cl. The number of rotatable bonds is 5. The van der Waals surface area contributed by atoms with Crippen LogP contribution in [0.25, 0.3) is 0 Å². The summed E-state index contributed by atoms with van der Waals surface area (Å²) in [6.07, 6.45) is 4.04. The standard InChI is InChI=1S/C17H17ClN4O2S/c18-16-9-15(5-4-14(16)10-19)25(23,24)21-12-13-3-6-17(20-11-13)22-7-1-2-8-22/h3-6,9,11,21H,1-2,7-8,12H2. The van der Waals surface area contributed by atoms with Gasteiger partial charge in [0.15, 0.2) is 0 Å². The second kappa shape index (κ2) is 7.40. The van der Waals surface area contributed by atoms with Crippen LogP contribution < -0.4 is 9.62 Å². The maximum Gasteiger partial charge on any atom is 0.240 e. The zero-order chi connectivity index (χ0) is 17.9. The highest BCUT2D eigenvalue weighted by Gasteiger charge is 2.16. The largest absolute Gasteiger partial charge is 0.357 e. The molecule has 1 saturated heterocycles. The van der Waals surface area contributed by atoms with Gasteiger partial charge in [0.05, 0.1) is 15.5 Å². The number of hydrogen-bond donors (Lipinski definition) is 1. The summed E-state index contributed by atoms with van der Waals surface area (Å²) in [7, 11) is -3.71. The molecule has 0 atom stereocenters. The molecule has 3 rings (SSSR count). The molecule has 0 radical (unpaired) electrons. The van der Waals surface area contributed by atoms with Gasteiger partial charge in [-0.2, -0.15) is 5.26 Å². The predicted molar refractivity (Wildman–Crippen MR) is 95.9 cm³/mol. The summed E-state index contributed by atoms with van der Waals surface area (Å²) in [5, 5.41) is 8.97. The van der Waals surface area contributed by atoms with Crippen molar-refractivity contribution in [1.82, 2.24) is 9.71 Å². The number of nitrogens with one attached hydrogen (secondary N) is 1. The van der Waals surface area contributed by atoms with E-state index in [-0.39, 0.29) is 22.0 Å². The minimum absolute atomic E-state index is 0.0261. The number of anilines is 1. The fraction of sp³-hybridized carbons (Fsp3) is 0.294. The van der Waals surface area contributed by atoms with E-state index >= 15 is 0 Å². The molecule has 2 aromatic rings. The third kappa shape index (κ3) is 4.10. The van der Waals surface area contributed by atoms with Crippen LogP contribution in [-0.2, 0) is 16.6 Å². The smallest absolute Gasteiger partial charge is 0.240 e. The number of benzene rings is 1. The molecule has 130 valence electrons. The number of halogens is 1. The van der Waals surface area contributed by atoms with Crippen LogP contribution in [0.2, 0.25) is 5.02 Å². The summed E-state index contributed by atoms with van der Waals surface area (Å²) in [4.78, 5) is 6.65. The average molecular weight is 377 g/mol. The van der Waals surface area contributed by atoms with E-state index in [0.29, 0.717) is 0 Å². The van der Waals surface area contributed by atoms with Crippen molar-refractivity contribution in [2.45, 2.75) is 24.3 Å². The zero-order valence-corrected chi connectivity index (χ0v) is 15.0. The molecule has 2 heterocycles. The Hall–Kier alpha value is -2.14. The van der Waals surface area contributed by atoms with Crippen molar-refractivity contribution in [2.24, 2.45) is 0 Å². The molecule has 6 nitrogen and oxygen atoms in total. The topological polar surface area (TPSA) is 86.1 Å². The third-order valence-electron chi connectivity index (χ3n) is 4.08. The van der Waals surface area contributed by atoms with Crippen LogP contribution in [0.5, 0.6) is 0 Å². The lowest BCUT2D eigenvalue weighted by molar-refractivity contribution is 0.581. The Morgan fingerprint density at radius 3 is 2.60 bits per heavy atom. The molecule has 1 aromatic carbocycles. The summed E-state index contributed by atoms with van der Waals surface area (Å²) in [6, 6.07) is 9.71. The first-order valence-electron chi connectivity index (χ1n) is 7.89. The fourth-order valence-electron chi connectivity index (χ4n) is 2.67. The van der Waals surface area contributed by atoms with Gasteiger partial charge in [-0.25, -0.2) is 18.1 Å². The van der Waals surface area contributed by atoms with Crippen LogP contribution in [0.3, 0.4) is 0 Å². The van der Waals surface area contributed by atoms with E-state index in [1.165, 1.54) is 31.0 Å². The molecule has 0 amide bonds. The quantitative estimate of drug-likeness (QED) is 0.866. The Morgan fingerprint density at radius 1 is 1.24 bits per heavy atom. The Labute approximate surface area is 152 Å². The van der Waals surface area contributed by atoms with Gasteiger partial charge in [0, 0.05) is 25.8 Å². The summed E-state index contributed by atoms with van der Waals surface area (Å²) >= 11 is 5.90. The lowest BCUT2D eigenvalue weighted by Gasteiger charge is -2.16. The van der Waals surface area contributed by atoms with Crippen LogP contribution in [0.1, 0.15) is 24.0 Å². The van der Waals surface area contributed by atoms with Gasteiger partial charge in [-0.15, -0.1) is 0 Å². The van der Waals surface area contributed by atoms with E-state index in [1.54, 1.807) is 6.20 Å². The molecule has 0 unspecified atom stereocenters. The molecule has 1 aromatic heterocycles. The highest BCUT2D eigenvalue weighted by molar-refractivity contribution is 7.89. The molecule has 1 fully saturated rings. The fourth-order valence-corrected chi connectivity index (χ4v) is 4.00. The molecule has 0 saturated carbocycles. The van der Waals surface area contributed by atoms with Gasteiger partial charge in [-0.1, -0.05) is 17.7 Å². The normalized spacial score (nSPS) is 14.5. The zero-order valence-electron chi connectivity index (χ0n) is 13.4. The maximum atomic E-state index is 12.4. The van der Waals surface area contributed by atoms with Crippen molar-refractivity contribution in [3.05, 3.63) is 52.7 Å². The number of nitriles is 1. The molecule has 1 aliphatic heterocycles. The van der Waals surface area contributed by atoms with Crippen LogP contribution >= 0.6 is 11.6 Å². The molecule has 0 bridgehead atoms. The van der Waals surface area contributed by atoms with Crippen LogP contribution in [0.4, 0.5) is 5.82 Å². The van der Waals surface area contributed by atoms with Crippen molar-refractivity contribution < 1.29 is 8.42 Å². The molecule has 0 spiro atoms. The van der Waals surface area contributed by atoms with Gasteiger partial charge in [-0.3, -0.25) is 0 Å². The van der Waals surface area contributed by atoms with E-state index in [9.17, 15) is 8.42 Å². The van der Waals surface area contributed by atoms with Crippen LogP contribution in [-0.4, -0.2) is 26.5 Å². The molecule has 8 heteroatoms. The Kier molecular flexibility index (Phi) is 5.23. The van der Waals surface area contributed by atoms with E-state index < -0.39 is 10.0 Å². The number of hydrogen-bond acceptors (Lipinski definition) is 5. The highest BCUT2D eigenvalue weighted by Crippen LogP contribution is 2.21. The Balaban J connectivity index is 1.67. The molecular weight excluding hydrogens is 360 g/mol. The Morgan fingerprint density at radius 2 is 2.00 bits per heavy atom. The first kappa shape index (κ1) is 17.7. The molecule has 1 aliphatic rings. The van der Waals surface area contributed by atoms with Gasteiger partial charge in [0.25, 0.3) is 0 Å². The van der Waals surface area contributed by atoms with Crippen molar-refractivity contribution in [3.63, 3.8) is 0 Å². The lowest BCUT2D eigenvalue weighted by atomic mass is 10.2. The summed E-state index contributed by atoms with van der Waals surface area (Å²) in [5.41, 5.74) is 1.01. The number of aromatic nitrogens is 1. The monoisotopic (exact) mass is 376 g/mol. The number of nitrogens with zero attached hydrogens (tertiary/aromatic N) is 3. The van der Waals surface area contributed by atoms with Crippen LogP contribution in [0.15, 0.2) is 41.4 Å². The van der Waals surface area contributed by atoms with Crippen molar-refractivity contribution >= 4 is 27.4 Å². The van der Waals surface area contributed by atoms with E-state index in [4.69, 9.17) is 16.9 Å². The van der Waals surface area contributed by atoms with E-state index in [0.717, 1.165) is 24.5 Å². The minimum atomic E-state index is -3.71. The van der Waals surface area contributed by atoms with E-state index in [2.05, 4.69) is 14.6 Å². The predicted octanol–water partition coefficient (Wildman–Crippen LogP) is 2.69. The van der Waals surface area contributed by atoms with Crippen molar-refractivity contribution in [2.75, 3.05) is 18.0 Å². The van der Waals surface area contributed by atoms with Crippen molar-refractivity contribution in [3.8, 4) is 6.07 Å². The third-order valence-corrected chi connectivity index (χ3v) is 5.79. The Bertz CT molecular complexity index is 901. The molecule has 0 aliphatic carbocycles. The van der Waals surface area contributed by atoms with Gasteiger partial charge < -0.3 is 4.90 Å². The van der Waals surface area contributed by atoms with Gasteiger partial charge in [0.1, 0.15) is 11.9 Å². The first-order valence-corrected chi connectivity index (χ1v) is 9.75. The van der Waals surface area contributed by atoms with Crippen LogP contribution in [0, 0.1) is 11.3 Å².